The van der Waals surface area contributed by atoms with Crippen molar-refractivity contribution in [1.29, 1.82) is 0 Å². The second-order valence-corrected chi connectivity index (χ2v) is 7.17. The fourth-order valence-electron chi connectivity index (χ4n) is 2.83. The minimum absolute atomic E-state index is 0.00264. The number of carbonyl (C=O) groups excluding carboxylic acids is 1. The van der Waals surface area contributed by atoms with Crippen LogP contribution in [-0.2, 0) is 17.8 Å². The van der Waals surface area contributed by atoms with Crippen molar-refractivity contribution in [3.63, 3.8) is 0 Å². The van der Waals surface area contributed by atoms with Crippen LogP contribution in [0.1, 0.15) is 29.7 Å². The van der Waals surface area contributed by atoms with Crippen LogP contribution < -0.4 is 11.2 Å². The molecule has 1 aliphatic carbocycles. The van der Waals surface area contributed by atoms with Crippen LogP contribution in [0.3, 0.4) is 0 Å². The van der Waals surface area contributed by atoms with Crippen LogP contribution >= 0.6 is 11.8 Å². The number of hydrogen-bond acceptors (Lipinski definition) is 4. The van der Waals surface area contributed by atoms with E-state index in [1.807, 2.05) is 35.4 Å². The fourth-order valence-corrected chi connectivity index (χ4v) is 3.23. The van der Waals surface area contributed by atoms with Crippen LogP contribution in [0.15, 0.2) is 38.8 Å². The van der Waals surface area contributed by atoms with Gasteiger partial charge in [-0.15, -0.1) is 11.8 Å². The quantitative estimate of drug-likeness (QED) is 0.771. The van der Waals surface area contributed by atoms with Crippen molar-refractivity contribution in [1.82, 2.24) is 14.9 Å². The topological polar surface area (TPSA) is 86.0 Å². The first-order chi connectivity index (χ1) is 12.0. The Morgan fingerprint density at radius 1 is 1.20 bits per heavy atom. The molecule has 2 aromatic rings. The lowest BCUT2D eigenvalue weighted by atomic mass is 10.1. The summed E-state index contributed by atoms with van der Waals surface area (Å²) in [7, 11) is 0. The largest absolute Gasteiger partial charge is 0.335 e. The average Bonchev–Trinajstić information content (AvgIpc) is 3.41. The number of nitrogens with one attached hydrogen (secondary N) is 2. The van der Waals surface area contributed by atoms with E-state index in [1.165, 1.54) is 4.90 Å². The van der Waals surface area contributed by atoms with Gasteiger partial charge in [0.1, 0.15) is 0 Å². The molecule has 1 aromatic carbocycles. The lowest BCUT2D eigenvalue weighted by molar-refractivity contribution is -0.131. The van der Waals surface area contributed by atoms with Crippen molar-refractivity contribution in [2.75, 3.05) is 6.26 Å². The van der Waals surface area contributed by atoms with Crippen molar-refractivity contribution in [3.05, 3.63) is 61.9 Å². The number of hydrogen-bond donors (Lipinski definition) is 2. The molecule has 2 N–H and O–H groups in total. The number of rotatable bonds is 6. The Labute approximate surface area is 149 Å². The Hall–Kier alpha value is -2.28. The van der Waals surface area contributed by atoms with Gasteiger partial charge in [0.2, 0.25) is 5.91 Å². The van der Waals surface area contributed by atoms with Gasteiger partial charge in [-0.1, -0.05) is 12.1 Å². The van der Waals surface area contributed by atoms with E-state index >= 15 is 0 Å². The molecule has 0 aliphatic heterocycles. The summed E-state index contributed by atoms with van der Waals surface area (Å²) >= 11 is 1.68. The molecule has 25 heavy (non-hydrogen) atoms. The molecular weight excluding hydrogens is 338 g/mol. The Balaban J connectivity index is 1.77. The number of carbonyl (C=O) groups is 1. The molecular formula is C18H21N3O3S. The number of amides is 1. The molecule has 0 spiro atoms. The zero-order valence-electron chi connectivity index (χ0n) is 14.3. The van der Waals surface area contributed by atoms with Gasteiger partial charge in [-0.3, -0.25) is 14.6 Å². The van der Waals surface area contributed by atoms with Crippen LogP contribution in [0.4, 0.5) is 0 Å². The van der Waals surface area contributed by atoms with Gasteiger partial charge >= 0.3 is 5.69 Å². The SMILES string of the molecule is CSc1ccc(CN(C(=O)Cc2c(C)[nH]c(=O)[nH]c2=O)C2CC2)cc1. The fraction of sp³-hybridized carbons (Fsp3) is 0.389. The first-order valence-corrected chi connectivity index (χ1v) is 9.45. The van der Waals surface area contributed by atoms with Crippen LogP contribution in [0, 0.1) is 6.92 Å². The molecule has 1 amide bonds. The van der Waals surface area contributed by atoms with Crippen molar-refractivity contribution in [3.8, 4) is 0 Å². The minimum Gasteiger partial charge on any atom is -0.335 e. The smallest absolute Gasteiger partial charge is 0.325 e. The molecule has 1 fully saturated rings. The van der Waals surface area contributed by atoms with E-state index in [0.29, 0.717) is 17.8 Å². The summed E-state index contributed by atoms with van der Waals surface area (Å²) in [6.07, 6.45) is 4.02. The van der Waals surface area contributed by atoms with Gasteiger partial charge in [-0.05, 0) is 43.7 Å². The Morgan fingerprint density at radius 2 is 1.88 bits per heavy atom. The number of aromatic nitrogens is 2. The third-order valence-electron chi connectivity index (χ3n) is 4.40. The monoisotopic (exact) mass is 359 g/mol. The summed E-state index contributed by atoms with van der Waals surface area (Å²) in [5.41, 5.74) is 0.807. The maximum Gasteiger partial charge on any atom is 0.325 e. The number of thioether (sulfide) groups is 1. The van der Waals surface area contributed by atoms with Crippen molar-refractivity contribution >= 4 is 17.7 Å². The predicted molar refractivity (Wildman–Crippen MR) is 97.9 cm³/mol. The van der Waals surface area contributed by atoms with Crippen LogP contribution in [0.5, 0.6) is 0 Å². The maximum absolute atomic E-state index is 12.8. The minimum atomic E-state index is -0.549. The molecule has 1 aliphatic rings. The van der Waals surface area contributed by atoms with E-state index in [-0.39, 0.29) is 18.4 Å². The summed E-state index contributed by atoms with van der Waals surface area (Å²) in [4.78, 5) is 43.8. The molecule has 3 rings (SSSR count). The highest BCUT2D eigenvalue weighted by Crippen LogP contribution is 2.29. The highest BCUT2D eigenvalue weighted by Gasteiger charge is 2.33. The van der Waals surface area contributed by atoms with Gasteiger partial charge in [-0.25, -0.2) is 4.79 Å². The first-order valence-electron chi connectivity index (χ1n) is 8.22. The molecule has 0 atom stereocenters. The molecule has 1 aromatic heterocycles. The third kappa shape index (κ3) is 4.22. The van der Waals surface area contributed by atoms with Gasteiger partial charge in [0.25, 0.3) is 5.56 Å². The Bertz CT molecular complexity index is 882. The summed E-state index contributed by atoms with van der Waals surface area (Å²) in [5, 5.41) is 0. The molecule has 1 heterocycles. The van der Waals surface area contributed by atoms with E-state index in [2.05, 4.69) is 9.97 Å². The predicted octanol–water partition coefficient (Wildman–Crippen LogP) is 1.83. The summed E-state index contributed by atoms with van der Waals surface area (Å²) in [6, 6.07) is 8.41. The molecule has 0 bridgehead atoms. The van der Waals surface area contributed by atoms with Gasteiger partial charge in [0, 0.05) is 28.7 Å². The van der Waals surface area contributed by atoms with Crippen molar-refractivity contribution in [2.24, 2.45) is 0 Å². The molecule has 132 valence electrons. The normalized spacial score (nSPS) is 13.7. The summed E-state index contributed by atoms with van der Waals surface area (Å²) in [5.74, 6) is -0.0860. The standard InChI is InChI=1S/C18H21N3O3S/c1-11-15(17(23)20-18(24)19-11)9-16(22)21(13-5-6-13)10-12-3-7-14(25-2)8-4-12/h3-4,7-8,13H,5-6,9-10H2,1-2H3,(H2,19,20,23,24). The van der Waals surface area contributed by atoms with Crippen LogP contribution in [-0.4, -0.2) is 33.1 Å². The second kappa shape index (κ2) is 7.31. The Morgan fingerprint density at radius 3 is 2.44 bits per heavy atom. The molecule has 6 nitrogen and oxygen atoms in total. The van der Waals surface area contributed by atoms with E-state index in [1.54, 1.807) is 18.7 Å². The van der Waals surface area contributed by atoms with Gasteiger partial charge < -0.3 is 9.88 Å². The lowest BCUT2D eigenvalue weighted by Crippen LogP contribution is -2.36. The van der Waals surface area contributed by atoms with E-state index < -0.39 is 11.2 Å². The van der Waals surface area contributed by atoms with E-state index in [0.717, 1.165) is 18.4 Å². The molecule has 0 saturated heterocycles. The van der Waals surface area contributed by atoms with Gasteiger partial charge in [0.15, 0.2) is 0 Å². The number of H-pyrrole nitrogens is 2. The summed E-state index contributed by atoms with van der Waals surface area (Å²) in [6.45, 7) is 2.18. The van der Waals surface area contributed by atoms with Crippen molar-refractivity contribution in [2.45, 2.75) is 43.7 Å². The van der Waals surface area contributed by atoms with Crippen LogP contribution in [0.2, 0.25) is 0 Å². The molecule has 1 saturated carbocycles. The van der Waals surface area contributed by atoms with Crippen LogP contribution in [0.25, 0.3) is 0 Å². The molecule has 0 unspecified atom stereocenters. The number of nitrogens with zero attached hydrogens (tertiary/aromatic N) is 1. The average molecular weight is 359 g/mol. The lowest BCUT2D eigenvalue weighted by Gasteiger charge is -2.23. The second-order valence-electron chi connectivity index (χ2n) is 6.29. The zero-order valence-corrected chi connectivity index (χ0v) is 15.1. The van der Waals surface area contributed by atoms with Crippen molar-refractivity contribution < 1.29 is 4.79 Å². The van der Waals surface area contributed by atoms with Gasteiger partial charge in [-0.2, -0.15) is 0 Å². The molecule has 0 radical (unpaired) electrons. The number of aryl methyl sites for hydroxylation is 1. The number of benzene rings is 1. The van der Waals surface area contributed by atoms with Gasteiger partial charge in [0.05, 0.1) is 6.42 Å². The number of aromatic amines is 2. The first kappa shape index (κ1) is 17.5. The molecule has 7 heteroatoms. The zero-order chi connectivity index (χ0) is 18.0. The third-order valence-corrected chi connectivity index (χ3v) is 5.15. The Kier molecular flexibility index (Phi) is 5.13. The van der Waals surface area contributed by atoms with E-state index in [9.17, 15) is 14.4 Å². The summed E-state index contributed by atoms with van der Waals surface area (Å²) < 4.78 is 0. The highest BCUT2D eigenvalue weighted by atomic mass is 32.2. The maximum atomic E-state index is 12.8. The van der Waals surface area contributed by atoms with E-state index in [4.69, 9.17) is 0 Å². The highest BCUT2D eigenvalue weighted by molar-refractivity contribution is 7.98.